The highest BCUT2D eigenvalue weighted by Gasteiger charge is 2.12. The first-order valence-corrected chi connectivity index (χ1v) is 4.87. The topological polar surface area (TPSA) is 65.2 Å². The van der Waals surface area contributed by atoms with Crippen LogP contribution in [0, 0.1) is 6.92 Å². The first-order valence-electron chi connectivity index (χ1n) is 4.87. The second-order valence-corrected chi connectivity index (χ2v) is 3.55. The summed E-state index contributed by atoms with van der Waals surface area (Å²) in [7, 11) is 1.35. The number of nitrogens with two attached hydrogens (primary N) is 1. The van der Waals surface area contributed by atoms with Crippen LogP contribution in [0.4, 0.5) is 5.69 Å². The second kappa shape index (κ2) is 3.81. The Kier molecular flexibility index (Phi) is 2.48. The summed E-state index contributed by atoms with van der Waals surface area (Å²) in [5.74, 6) is -0.400. The molecule has 0 radical (unpaired) electrons. The SMILES string of the molecule is COC(=O)c1cccc2c(N)cc(C)nc12. The second-order valence-electron chi connectivity index (χ2n) is 3.55. The fourth-order valence-electron chi connectivity index (χ4n) is 1.68. The van der Waals surface area contributed by atoms with Gasteiger partial charge in [-0.3, -0.25) is 4.98 Å². The number of hydrogen-bond acceptors (Lipinski definition) is 4. The molecule has 1 aromatic carbocycles. The smallest absolute Gasteiger partial charge is 0.340 e. The van der Waals surface area contributed by atoms with Crippen molar-refractivity contribution >= 4 is 22.6 Å². The highest BCUT2D eigenvalue weighted by molar-refractivity contribution is 6.05. The van der Waals surface area contributed by atoms with Crippen molar-refractivity contribution < 1.29 is 9.53 Å². The van der Waals surface area contributed by atoms with Crippen molar-refractivity contribution in [1.82, 2.24) is 4.98 Å². The van der Waals surface area contributed by atoms with Crippen molar-refractivity contribution in [2.75, 3.05) is 12.8 Å². The lowest BCUT2D eigenvalue weighted by molar-refractivity contribution is 0.0603. The number of fused-ring (bicyclic) bond motifs is 1. The summed E-state index contributed by atoms with van der Waals surface area (Å²) in [4.78, 5) is 15.9. The molecule has 0 aliphatic rings. The summed E-state index contributed by atoms with van der Waals surface area (Å²) in [6.07, 6.45) is 0. The number of aromatic nitrogens is 1. The van der Waals surface area contributed by atoms with E-state index in [0.717, 1.165) is 11.1 Å². The Morgan fingerprint density at radius 2 is 2.19 bits per heavy atom. The molecule has 2 N–H and O–H groups in total. The van der Waals surface area contributed by atoms with E-state index in [-0.39, 0.29) is 0 Å². The first kappa shape index (κ1) is 10.4. The number of carbonyl (C=O) groups excluding carboxylic acids is 1. The molecule has 0 unspecified atom stereocenters. The summed E-state index contributed by atoms with van der Waals surface area (Å²) >= 11 is 0. The molecule has 0 atom stereocenters. The standard InChI is InChI=1S/C12H12N2O2/c1-7-6-10(13)8-4-3-5-9(11(8)14-7)12(15)16-2/h3-6H,1-2H3,(H2,13,14). The van der Waals surface area contributed by atoms with Gasteiger partial charge in [0.15, 0.2) is 0 Å². The summed E-state index contributed by atoms with van der Waals surface area (Å²) in [6.45, 7) is 1.84. The zero-order valence-corrected chi connectivity index (χ0v) is 9.15. The van der Waals surface area contributed by atoms with Gasteiger partial charge in [0.25, 0.3) is 0 Å². The van der Waals surface area contributed by atoms with Crippen LogP contribution in [0.1, 0.15) is 16.1 Å². The normalized spacial score (nSPS) is 10.4. The van der Waals surface area contributed by atoms with Gasteiger partial charge in [0.2, 0.25) is 0 Å². The summed E-state index contributed by atoms with van der Waals surface area (Å²) < 4.78 is 4.70. The van der Waals surface area contributed by atoms with Crippen molar-refractivity contribution in [2.45, 2.75) is 6.92 Å². The third-order valence-electron chi connectivity index (χ3n) is 2.40. The van der Waals surface area contributed by atoms with Crippen LogP contribution in [-0.4, -0.2) is 18.1 Å². The molecular formula is C12H12N2O2. The third kappa shape index (κ3) is 1.58. The number of anilines is 1. The number of methoxy groups -OCH3 is 1. The minimum absolute atomic E-state index is 0.400. The number of benzene rings is 1. The number of ether oxygens (including phenoxy) is 1. The van der Waals surface area contributed by atoms with Crippen molar-refractivity contribution in [1.29, 1.82) is 0 Å². The van der Waals surface area contributed by atoms with Gasteiger partial charge in [0.1, 0.15) is 0 Å². The van der Waals surface area contributed by atoms with Gasteiger partial charge in [-0.15, -0.1) is 0 Å². The average molecular weight is 216 g/mol. The quantitative estimate of drug-likeness (QED) is 0.739. The van der Waals surface area contributed by atoms with E-state index in [1.165, 1.54) is 7.11 Å². The van der Waals surface area contributed by atoms with Gasteiger partial charge in [-0.2, -0.15) is 0 Å². The van der Waals surface area contributed by atoms with Gasteiger partial charge < -0.3 is 10.5 Å². The predicted molar refractivity (Wildman–Crippen MR) is 62.2 cm³/mol. The first-order chi connectivity index (χ1) is 7.63. The zero-order valence-electron chi connectivity index (χ0n) is 9.15. The van der Waals surface area contributed by atoms with Gasteiger partial charge in [0.05, 0.1) is 18.2 Å². The molecule has 0 saturated carbocycles. The number of aryl methyl sites for hydroxylation is 1. The maximum Gasteiger partial charge on any atom is 0.340 e. The van der Waals surface area contributed by atoms with Gasteiger partial charge >= 0.3 is 5.97 Å². The average Bonchev–Trinajstić information content (AvgIpc) is 2.27. The number of para-hydroxylation sites is 1. The maximum absolute atomic E-state index is 11.5. The Bertz CT molecular complexity index is 564. The van der Waals surface area contributed by atoms with Crippen LogP contribution in [0.2, 0.25) is 0 Å². The van der Waals surface area contributed by atoms with Gasteiger partial charge in [-0.1, -0.05) is 12.1 Å². The van der Waals surface area contributed by atoms with Crippen molar-refractivity contribution in [3.63, 3.8) is 0 Å². The van der Waals surface area contributed by atoms with Gasteiger partial charge in [-0.05, 0) is 19.1 Å². The van der Waals surface area contributed by atoms with E-state index in [0.29, 0.717) is 16.8 Å². The molecule has 82 valence electrons. The van der Waals surface area contributed by atoms with E-state index < -0.39 is 5.97 Å². The van der Waals surface area contributed by atoms with E-state index >= 15 is 0 Å². The van der Waals surface area contributed by atoms with E-state index in [4.69, 9.17) is 10.5 Å². The van der Waals surface area contributed by atoms with E-state index in [9.17, 15) is 4.79 Å². The molecule has 16 heavy (non-hydrogen) atoms. The summed E-state index contributed by atoms with van der Waals surface area (Å²) in [5.41, 5.74) is 8.30. The van der Waals surface area contributed by atoms with E-state index in [1.807, 2.05) is 13.0 Å². The van der Waals surface area contributed by atoms with Crippen LogP contribution in [0.5, 0.6) is 0 Å². The van der Waals surface area contributed by atoms with Crippen molar-refractivity contribution in [2.24, 2.45) is 0 Å². The fraction of sp³-hybridized carbons (Fsp3) is 0.167. The minimum Gasteiger partial charge on any atom is -0.465 e. The number of nitrogens with zero attached hydrogens (tertiary/aromatic N) is 1. The molecule has 0 bridgehead atoms. The van der Waals surface area contributed by atoms with Gasteiger partial charge in [-0.25, -0.2) is 4.79 Å². The Labute approximate surface area is 93.0 Å². The van der Waals surface area contributed by atoms with E-state index in [2.05, 4.69) is 4.98 Å². The Hall–Kier alpha value is -2.10. The molecule has 1 aromatic heterocycles. The van der Waals surface area contributed by atoms with Gasteiger partial charge in [0, 0.05) is 16.8 Å². The minimum atomic E-state index is -0.400. The molecule has 0 aliphatic carbocycles. The molecular weight excluding hydrogens is 204 g/mol. The van der Waals surface area contributed by atoms with Crippen molar-refractivity contribution in [3.8, 4) is 0 Å². The number of hydrogen-bond donors (Lipinski definition) is 1. The number of esters is 1. The third-order valence-corrected chi connectivity index (χ3v) is 2.40. The number of nitrogen functional groups attached to an aromatic ring is 1. The fourth-order valence-corrected chi connectivity index (χ4v) is 1.68. The molecule has 4 nitrogen and oxygen atoms in total. The van der Waals surface area contributed by atoms with E-state index in [1.54, 1.807) is 18.2 Å². The number of rotatable bonds is 1. The molecule has 4 heteroatoms. The molecule has 0 fully saturated rings. The lowest BCUT2D eigenvalue weighted by Gasteiger charge is -2.07. The van der Waals surface area contributed by atoms with Crippen LogP contribution in [0.3, 0.4) is 0 Å². The van der Waals surface area contributed by atoms with Crippen LogP contribution < -0.4 is 5.73 Å². The highest BCUT2D eigenvalue weighted by Crippen LogP contribution is 2.23. The zero-order chi connectivity index (χ0) is 11.7. The van der Waals surface area contributed by atoms with Crippen LogP contribution in [0.25, 0.3) is 10.9 Å². The maximum atomic E-state index is 11.5. The highest BCUT2D eigenvalue weighted by atomic mass is 16.5. The molecule has 2 rings (SSSR count). The summed E-state index contributed by atoms with van der Waals surface area (Å²) in [6, 6.07) is 7.06. The van der Waals surface area contributed by atoms with Crippen molar-refractivity contribution in [3.05, 3.63) is 35.5 Å². The molecule has 0 spiro atoms. The predicted octanol–water partition coefficient (Wildman–Crippen LogP) is 1.91. The lowest BCUT2D eigenvalue weighted by Crippen LogP contribution is -2.04. The molecule has 1 heterocycles. The Morgan fingerprint density at radius 3 is 2.88 bits per heavy atom. The molecule has 0 saturated heterocycles. The Morgan fingerprint density at radius 1 is 1.44 bits per heavy atom. The van der Waals surface area contributed by atoms with Crippen LogP contribution >= 0.6 is 0 Å². The molecule has 0 amide bonds. The lowest BCUT2D eigenvalue weighted by atomic mass is 10.1. The molecule has 0 aliphatic heterocycles. The Balaban J connectivity index is 2.81. The summed E-state index contributed by atoms with van der Waals surface area (Å²) in [5, 5.41) is 0.772. The monoisotopic (exact) mass is 216 g/mol. The van der Waals surface area contributed by atoms with Crippen LogP contribution in [0.15, 0.2) is 24.3 Å². The molecule has 2 aromatic rings. The number of pyridine rings is 1. The van der Waals surface area contributed by atoms with Crippen LogP contribution in [-0.2, 0) is 4.74 Å². The number of carbonyl (C=O) groups is 1. The largest absolute Gasteiger partial charge is 0.465 e.